The van der Waals surface area contributed by atoms with E-state index in [1.807, 2.05) is 0 Å². The minimum atomic E-state index is 0.925. The molecule has 1 aromatic heterocycles. The molecule has 0 unspecified atom stereocenters. The van der Waals surface area contributed by atoms with Gasteiger partial charge in [0.1, 0.15) is 11.2 Å². The van der Waals surface area contributed by atoms with Crippen molar-refractivity contribution in [2.24, 2.45) is 0 Å². The molecule has 0 radical (unpaired) electrons. The summed E-state index contributed by atoms with van der Waals surface area (Å²) >= 11 is 0. The van der Waals surface area contributed by atoms with Gasteiger partial charge in [-0.15, -0.1) is 0 Å². The number of benzene rings is 8. The molecule has 0 N–H and O–H groups in total. The maximum Gasteiger partial charge on any atom is 0.136 e. The van der Waals surface area contributed by atoms with Crippen LogP contribution in [0.1, 0.15) is 11.1 Å². The van der Waals surface area contributed by atoms with E-state index >= 15 is 0 Å². The molecule has 0 fully saturated rings. The van der Waals surface area contributed by atoms with Crippen molar-refractivity contribution in [2.45, 2.75) is 12.8 Å². The molecule has 1 heteroatoms. The number of fused-ring (bicyclic) bond motifs is 7. The quantitative estimate of drug-likeness (QED) is 0.186. The van der Waals surface area contributed by atoms with Crippen LogP contribution in [0.25, 0.3) is 76.5 Å². The highest BCUT2D eigenvalue weighted by Gasteiger charge is 2.18. The lowest BCUT2D eigenvalue weighted by molar-refractivity contribution is 0.669. The van der Waals surface area contributed by atoms with Crippen molar-refractivity contribution in [3.8, 4) is 22.3 Å². The third-order valence-corrected chi connectivity index (χ3v) is 9.44. The van der Waals surface area contributed by atoms with Gasteiger partial charge in [-0.05, 0) is 90.7 Å². The lowest BCUT2D eigenvalue weighted by Crippen LogP contribution is -1.97. The Hall–Kier alpha value is -5.66. The molecule has 0 aliphatic carbocycles. The van der Waals surface area contributed by atoms with E-state index in [9.17, 15) is 0 Å². The van der Waals surface area contributed by atoms with Gasteiger partial charge in [-0.3, -0.25) is 0 Å². The lowest BCUT2D eigenvalue weighted by Gasteiger charge is -2.18. The zero-order chi connectivity index (χ0) is 29.7. The third-order valence-electron chi connectivity index (χ3n) is 9.44. The summed E-state index contributed by atoms with van der Waals surface area (Å²) in [7, 11) is 0. The van der Waals surface area contributed by atoms with Gasteiger partial charge in [0, 0.05) is 10.8 Å². The molecule has 0 aliphatic heterocycles. The molecule has 9 rings (SSSR count). The van der Waals surface area contributed by atoms with Gasteiger partial charge in [-0.1, -0.05) is 146 Å². The summed E-state index contributed by atoms with van der Waals surface area (Å²) < 4.78 is 6.40. The second kappa shape index (κ2) is 10.5. The standard InChI is InChI=1S/C44H30O/c1-2-11-29(12-3-1)30-21-23-33(24-22-30)42-38-18-8-6-16-35(38)37(36-17-7-9-19-39(36)42)27-25-32-14-10-20-40-43(32)44-34-15-5-4-13-31(34)26-28-41(44)45-40/h1-24,26,28H,25,27H2. The summed E-state index contributed by atoms with van der Waals surface area (Å²) in [6, 6.07) is 57.0. The van der Waals surface area contributed by atoms with Crippen molar-refractivity contribution >= 4 is 54.3 Å². The number of hydrogen-bond donors (Lipinski definition) is 0. The summed E-state index contributed by atoms with van der Waals surface area (Å²) in [6.07, 6.45) is 1.86. The summed E-state index contributed by atoms with van der Waals surface area (Å²) in [6.45, 7) is 0. The fraction of sp³-hybridized carbons (Fsp3) is 0.0455. The Bertz CT molecular complexity index is 2460. The molecule has 0 aliphatic rings. The van der Waals surface area contributed by atoms with Gasteiger partial charge in [0.05, 0.1) is 0 Å². The lowest BCUT2D eigenvalue weighted by atomic mass is 9.86. The van der Waals surface area contributed by atoms with Crippen molar-refractivity contribution in [1.29, 1.82) is 0 Å². The molecule has 0 amide bonds. The van der Waals surface area contributed by atoms with Gasteiger partial charge in [0.2, 0.25) is 0 Å². The molecule has 1 nitrogen and oxygen atoms in total. The molecule has 0 atom stereocenters. The van der Waals surface area contributed by atoms with E-state index in [-0.39, 0.29) is 0 Å². The Kier molecular flexibility index (Phi) is 6.02. The van der Waals surface area contributed by atoms with E-state index in [1.165, 1.54) is 76.5 Å². The van der Waals surface area contributed by atoms with Gasteiger partial charge in [0.25, 0.3) is 0 Å². The Morgan fingerprint density at radius 1 is 0.356 bits per heavy atom. The van der Waals surface area contributed by atoms with Crippen LogP contribution in [-0.4, -0.2) is 0 Å². The Labute approximate surface area is 262 Å². The maximum absolute atomic E-state index is 6.40. The molecule has 0 spiro atoms. The molecule has 0 saturated heterocycles. The monoisotopic (exact) mass is 574 g/mol. The van der Waals surface area contributed by atoms with Gasteiger partial charge in [0.15, 0.2) is 0 Å². The third kappa shape index (κ3) is 4.24. The summed E-state index contributed by atoms with van der Waals surface area (Å²) in [4.78, 5) is 0. The minimum Gasteiger partial charge on any atom is -0.456 e. The van der Waals surface area contributed by atoms with Crippen molar-refractivity contribution in [1.82, 2.24) is 0 Å². The van der Waals surface area contributed by atoms with Gasteiger partial charge in [-0.25, -0.2) is 0 Å². The zero-order valence-corrected chi connectivity index (χ0v) is 24.8. The number of furan rings is 1. The highest BCUT2D eigenvalue weighted by molar-refractivity contribution is 6.20. The van der Waals surface area contributed by atoms with Crippen LogP contribution >= 0.6 is 0 Å². The van der Waals surface area contributed by atoms with Gasteiger partial charge in [-0.2, -0.15) is 0 Å². The number of hydrogen-bond acceptors (Lipinski definition) is 1. The molecular weight excluding hydrogens is 544 g/mol. The minimum absolute atomic E-state index is 0.925. The van der Waals surface area contributed by atoms with Crippen LogP contribution in [0.4, 0.5) is 0 Å². The van der Waals surface area contributed by atoms with E-state index in [2.05, 4.69) is 158 Å². The first kappa shape index (κ1) is 25.8. The van der Waals surface area contributed by atoms with Crippen LogP contribution < -0.4 is 0 Å². The molecule has 9 aromatic rings. The predicted molar refractivity (Wildman–Crippen MR) is 191 cm³/mol. The van der Waals surface area contributed by atoms with Crippen molar-refractivity contribution in [2.75, 3.05) is 0 Å². The second-order valence-electron chi connectivity index (χ2n) is 11.9. The average Bonchev–Trinajstić information content (AvgIpc) is 3.51. The summed E-state index contributed by atoms with van der Waals surface area (Å²) in [5.41, 5.74) is 9.67. The van der Waals surface area contributed by atoms with E-state index in [0.717, 1.165) is 24.0 Å². The highest BCUT2D eigenvalue weighted by atomic mass is 16.3. The largest absolute Gasteiger partial charge is 0.456 e. The fourth-order valence-electron chi connectivity index (χ4n) is 7.39. The molecular formula is C44H30O. The second-order valence-corrected chi connectivity index (χ2v) is 11.9. The number of rotatable bonds is 5. The van der Waals surface area contributed by atoms with E-state index in [1.54, 1.807) is 0 Å². The first-order chi connectivity index (χ1) is 22.3. The van der Waals surface area contributed by atoms with Crippen LogP contribution in [0.15, 0.2) is 162 Å². The molecule has 0 bridgehead atoms. The van der Waals surface area contributed by atoms with Gasteiger partial charge < -0.3 is 4.42 Å². The van der Waals surface area contributed by atoms with Crippen molar-refractivity contribution in [3.05, 3.63) is 169 Å². The van der Waals surface area contributed by atoms with Crippen LogP contribution in [0.3, 0.4) is 0 Å². The highest BCUT2D eigenvalue weighted by Crippen LogP contribution is 2.41. The van der Waals surface area contributed by atoms with E-state index in [0.29, 0.717) is 0 Å². The molecule has 0 saturated carbocycles. The first-order valence-corrected chi connectivity index (χ1v) is 15.7. The average molecular weight is 575 g/mol. The van der Waals surface area contributed by atoms with Gasteiger partial charge >= 0.3 is 0 Å². The van der Waals surface area contributed by atoms with Crippen molar-refractivity contribution < 1.29 is 4.42 Å². The summed E-state index contributed by atoms with van der Waals surface area (Å²) in [5.74, 6) is 0. The Balaban J connectivity index is 1.19. The number of aryl methyl sites for hydroxylation is 2. The Morgan fingerprint density at radius 3 is 1.67 bits per heavy atom. The van der Waals surface area contributed by atoms with Crippen molar-refractivity contribution in [3.63, 3.8) is 0 Å². The van der Waals surface area contributed by atoms with E-state index in [4.69, 9.17) is 4.42 Å². The van der Waals surface area contributed by atoms with Crippen LogP contribution in [0.2, 0.25) is 0 Å². The normalized spacial score (nSPS) is 11.7. The van der Waals surface area contributed by atoms with E-state index < -0.39 is 0 Å². The molecule has 8 aromatic carbocycles. The zero-order valence-electron chi connectivity index (χ0n) is 24.8. The fourth-order valence-corrected chi connectivity index (χ4v) is 7.39. The molecule has 212 valence electrons. The molecule has 45 heavy (non-hydrogen) atoms. The van der Waals surface area contributed by atoms with Crippen LogP contribution in [0, 0.1) is 0 Å². The topological polar surface area (TPSA) is 13.1 Å². The summed E-state index contributed by atoms with van der Waals surface area (Å²) in [5, 5.41) is 10.2. The predicted octanol–water partition coefficient (Wildman–Crippen LogP) is 12.2. The van der Waals surface area contributed by atoms with Crippen LogP contribution in [0.5, 0.6) is 0 Å². The first-order valence-electron chi connectivity index (χ1n) is 15.7. The molecule has 1 heterocycles. The smallest absolute Gasteiger partial charge is 0.136 e. The maximum atomic E-state index is 6.40. The SMILES string of the molecule is c1ccc(-c2ccc(-c3c4ccccc4c(CCc4cccc5oc6ccc7ccccc7c6c45)c4ccccc34)cc2)cc1. The Morgan fingerprint density at radius 2 is 0.933 bits per heavy atom. The van der Waals surface area contributed by atoms with Crippen LogP contribution in [-0.2, 0) is 12.8 Å².